The lowest BCUT2D eigenvalue weighted by Gasteiger charge is -2.25. The Balaban J connectivity index is 1.52. The molecule has 0 saturated carbocycles. The van der Waals surface area contributed by atoms with E-state index in [-0.39, 0.29) is 23.7 Å². The third-order valence-electron chi connectivity index (χ3n) is 5.77. The van der Waals surface area contributed by atoms with Gasteiger partial charge in [-0.25, -0.2) is 4.39 Å². The summed E-state index contributed by atoms with van der Waals surface area (Å²) in [7, 11) is 0. The maximum Gasteiger partial charge on any atom is 0.290 e. The van der Waals surface area contributed by atoms with Crippen molar-refractivity contribution < 1.29 is 23.5 Å². The lowest BCUT2D eigenvalue weighted by molar-refractivity contribution is -0.129. The van der Waals surface area contributed by atoms with Crippen LogP contribution in [0.25, 0.3) is 11.0 Å². The van der Waals surface area contributed by atoms with Crippen molar-refractivity contribution in [1.29, 1.82) is 0 Å². The molecular formula is C26H18BrFN2O4. The van der Waals surface area contributed by atoms with Crippen molar-refractivity contribution in [2.75, 3.05) is 6.54 Å². The van der Waals surface area contributed by atoms with E-state index >= 15 is 0 Å². The first kappa shape index (κ1) is 22.0. The molecule has 4 aromatic rings. The van der Waals surface area contributed by atoms with Crippen molar-refractivity contribution >= 4 is 38.6 Å². The number of aromatic nitrogens is 1. The Kier molecular flexibility index (Phi) is 5.75. The van der Waals surface area contributed by atoms with Gasteiger partial charge in [0.1, 0.15) is 17.4 Å². The summed E-state index contributed by atoms with van der Waals surface area (Å²) in [6.07, 6.45) is 1.97. The Labute approximate surface area is 202 Å². The van der Waals surface area contributed by atoms with Gasteiger partial charge < -0.3 is 14.4 Å². The molecule has 2 aromatic carbocycles. The zero-order valence-electron chi connectivity index (χ0n) is 17.7. The number of ketones is 1. The lowest BCUT2D eigenvalue weighted by atomic mass is 9.98. The van der Waals surface area contributed by atoms with Gasteiger partial charge >= 0.3 is 0 Å². The van der Waals surface area contributed by atoms with Gasteiger partial charge in [0.05, 0.1) is 11.3 Å². The fraction of sp³-hybridized carbons (Fsp3) is 0.115. The summed E-state index contributed by atoms with van der Waals surface area (Å²) in [4.78, 5) is 32.4. The summed E-state index contributed by atoms with van der Waals surface area (Å²) in [5, 5.41) is 11.5. The Morgan fingerprint density at radius 1 is 1.12 bits per heavy atom. The van der Waals surface area contributed by atoms with Crippen LogP contribution in [-0.4, -0.2) is 33.2 Å². The largest absolute Gasteiger partial charge is 0.503 e. The predicted molar refractivity (Wildman–Crippen MR) is 127 cm³/mol. The number of hydrogen-bond donors (Lipinski definition) is 1. The van der Waals surface area contributed by atoms with Gasteiger partial charge in [-0.15, -0.1) is 0 Å². The van der Waals surface area contributed by atoms with Crippen LogP contribution >= 0.6 is 15.9 Å². The highest BCUT2D eigenvalue weighted by atomic mass is 79.9. The number of aliphatic hydroxyl groups excluding tert-OH is 1. The molecule has 0 aliphatic carbocycles. The molecule has 0 bridgehead atoms. The van der Waals surface area contributed by atoms with Crippen LogP contribution in [0.4, 0.5) is 4.39 Å². The molecule has 170 valence electrons. The maximum atomic E-state index is 13.5. The van der Waals surface area contributed by atoms with Crippen LogP contribution in [0.15, 0.2) is 93.1 Å². The molecule has 34 heavy (non-hydrogen) atoms. The molecule has 1 atom stereocenters. The van der Waals surface area contributed by atoms with Gasteiger partial charge in [-0.2, -0.15) is 0 Å². The number of nitrogens with zero attached hydrogens (tertiary/aromatic N) is 2. The first-order valence-electron chi connectivity index (χ1n) is 10.6. The van der Waals surface area contributed by atoms with E-state index < -0.39 is 23.5 Å². The summed E-state index contributed by atoms with van der Waals surface area (Å²) in [5.74, 6) is -2.21. The first-order valence-corrected chi connectivity index (χ1v) is 11.3. The Bertz CT molecular complexity index is 1430. The molecule has 0 fully saturated rings. The highest BCUT2D eigenvalue weighted by Gasteiger charge is 2.45. The molecular weight excluding hydrogens is 503 g/mol. The Morgan fingerprint density at radius 2 is 1.91 bits per heavy atom. The van der Waals surface area contributed by atoms with E-state index in [0.29, 0.717) is 23.1 Å². The Hall–Kier alpha value is -3.78. The zero-order chi connectivity index (χ0) is 23.8. The summed E-state index contributed by atoms with van der Waals surface area (Å²) in [5.41, 5.74) is 1.69. The second-order valence-electron chi connectivity index (χ2n) is 7.92. The van der Waals surface area contributed by atoms with E-state index in [2.05, 4.69) is 20.9 Å². The van der Waals surface area contributed by atoms with Crippen LogP contribution in [0.1, 0.15) is 27.9 Å². The van der Waals surface area contributed by atoms with E-state index in [0.717, 1.165) is 10.0 Å². The molecule has 1 N–H and O–H groups in total. The summed E-state index contributed by atoms with van der Waals surface area (Å²) in [6, 6.07) is 17.2. The first-order chi connectivity index (χ1) is 16.4. The number of rotatable bonds is 6. The fourth-order valence-corrected chi connectivity index (χ4v) is 4.50. The number of Topliss-reactive ketones (excluding diaryl/α,β-unsaturated/α-hetero) is 1. The minimum Gasteiger partial charge on any atom is -0.503 e. The number of furan rings is 1. The van der Waals surface area contributed by atoms with Gasteiger partial charge in [0.15, 0.2) is 11.5 Å². The van der Waals surface area contributed by atoms with Crippen molar-refractivity contribution in [3.05, 3.63) is 112 Å². The van der Waals surface area contributed by atoms with E-state index in [1.807, 2.05) is 6.07 Å². The Morgan fingerprint density at radius 3 is 2.65 bits per heavy atom. The van der Waals surface area contributed by atoms with E-state index in [9.17, 15) is 19.1 Å². The standard InChI is InChI=1S/C26H18BrFN2O4/c27-17-6-9-20-16(13-17)14-21(34-20)24(31)22-23(19-3-1-2-11-29-19)30(26(33)25(22)32)12-10-15-4-7-18(28)8-5-15/h1-9,11,13-14,23,32H,10,12H2. The average molecular weight is 521 g/mol. The molecule has 0 radical (unpaired) electrons. The number of fused-ring (bicyclic) bond motifs is 1. The van der Waals surface area contributed by atoms with E-state index in [4.69, 9.17) is 4.42 Å². The highest BCUT2D eigenvalue weighted by Crippen LogP contribution is 2.39. The van der Waals surface area contributed by atoms with Crippen LogP contribution in [0.5, 0.6) is 0 Å². The topological polar surface area (TPSA) is 83.6 Å². The summed E-state index contributed by atoms with van der Waals surface area (Å²) >= 11 is 3.39. The molecule has 1 aliphatic heterocycles. The summed E-state index contributed by atoms with van der Waals surface area (Å²) in [6.45, 7) is 0.194. The lowest BCUT2D eigenvalue weighted by Crippen LogP contribution is -2.33. The van der Waals surface area contributed by atoms with Crippen molar-refractivity contribution in [3.8, 4) is 0 Å². The van der Waals surface area contributed by atoms with Crippen LogP contribution in [-0.2, 0) is 11.2 Å². The van der Waals surface area contributed by atoms with Crippen molar-refractivity contribution in [3.63, 3.8) is 0 Å². The molecule has 1 unspecified atom stereocenters. The van der Waals surface area contributed by atoms with Gasteiger partial charge in [-0.3, -0.25) is 14.6 Å². The van der Waals surface area contributed by atoms with Crippen LogP contribution in [0.3, 0.4) is 0 Å². The quantitative estimate of drug-likeness (QED) is 0.337. The number of amides is 1. The number of halogens is 2. The van der Waals surface area contributed by atoms with E-state index in [1.54, 1.807) is 54.7 Å². The number of hydrogen-bond acceptors (Lipinski definition) is 5. The molecule has 0 spiro atoms. The van der Waals surface area contributed by atoms with Gasteiger partial charge in [-0.05, 0) is 60.5 Å². The van der Waals surface area contributed by atoms with Crippen molar-refractivity contribution in [2.24, 2.45) is 0 Å². The van der Waals surface area contributed by atoms with Crippen LogP contribution < -0.4 is 0 Å². The average Bonchev–Trinajstić information content (AvgIpc) is 3.37. The van der Waals surface area contributed by atoms with Crippen LogP contribution in [0, 0.1) is 5.82 Å². The normalized spacial score (nSPS) is 16.0. The molecule has 3 heterocycles. The fourth-order valence-electron chi connectivity index (χ4n) is 4.12. The number of aliphatic hydroxyl groups is 1. The van der Waals surface area contributed by atoms with Gasteiger partial charge in [-0.1, -0.05) is 34.1 Å². The molecule has 6 nitrogen and oxygen atoms in total. The molecule has 5 rings (SSSR count). The third-order valence-corrected chi connectivity index (χ3v) is 6.27. The van der Waals surface area contributed by atoms with Gasteiger partial charge in [0, 0.05) is 22.6 Å². The number of carbonyl (C=O) groups is 2. The number of carbonyl (C=O) groups excluding carboxylic acids is 2. The smallest absolute Gasteiger partial charge is 0.290 e. The second kappa shape index (κ2) is 8.87. The molecule has 2 aromatic heterocycles. The third kappa shape index (κ3) is 4.01. The minimum absolute atomic E-state index is 0.0174. The summed E-state index contributed by atoms with van der Waals surface area (Å²) < 4.78 is 19.8. The van der Waals surface area contributed by atoms with Gasteiger partial charge in [0.25, 0.3) is 5.91 Å². The molecule has 0 saturated heterocycles. The van der Waals surface area contributed by atoms with Crippen molar-refractivity contribution in [2.45, 2.75) is 12.5 Å². The minimum atomic E-state index is -0.887. The van der Waals surface area contributed by atoms with Crippen molar-refractivity contribution in [1.82, 2.24) is 9.88 Å². The highest BCUT2D eigenvalue weighted by molar-refractivity contribution is 9.10. The molecule has 1 amide bonds. The zero-order valence-corrected chi connectivity index (χ0v) is 19.3. The van der Waals surface area contributed by atoms with Gasteiger partial charge in [0.2, 0.25) is 5.78 Å². The van der Waals surface area contributed by atoms with Crippen LogP contribution in [0.2, 0.25) is 0 Å². The number of benzene rings is 2. The maximum absolute atomic E-state index is 13.5. The molecule has 1 aliphatic rings. The second-order valence-corrected chi connectivity index (χ2v) is 8.83. The number of pyridine rings is 1. The SMILES string of the molecule is O=C(C1=C(O)C(=O)N(CCc2ccc(F)cc2)C1c1ccccn1)c1cc2cc(Br)ccc2o1. The van der Waals surface area contributed by atoms with E-state index in [1.165, 1.54) is 17.0 Å². The monoisotopic (exact) mass is 520 g/mol. The molecule has 8 heteroatoms. The predicted octanol–water partition coefficient (Wildman–Crippen LogP) is 5.55.